The summed E-state index contributed by atoms with van der Waals surface area (Å²) < 4.78 is 24.6. The van der Waals surface area contributed by atoms with Crippen LogP contribution < -0.4 is 5.32 Å². The summed E-state index contributed by atoms with van der Waals surface area (Å²) in [4.78, 5) is 0.263. The van der Waals surface area contributed by atoms with Gasteiger partial charge in [-0.2, -0.15) is 0 Å². The molecule has 0 bridgehead atoms. The van der Waals surface area contributed by atoms with E-state index in [9.17, 15) is 8.42 Å². The number of halogens is 2. The van der Waals surface area contributed by atoms with Crippen LogP contribution in [-0.2, 0) is 9.84 Å². The molecule has 0 amide bonds. The zero-order chi connectivity index (χ0) is 12.5. The van der Waals surface area contributed by atoms with E-state index in [1.54, 1.807) is 0 Å². The van der Waals surface area contributed by atoms with E-state index in [1.807, 2.05) is 0 Å². The van der Waals surface area contributed by atoms with Crippen LogP contribution in [0.4, 0.5) is 0 Å². The zero-order valence-electron chi connectivity index (χ0n) is 9.12. The van der Waals surface area contributed by atoms with Gasteiger partial charge in [0.05, 0.1) is 20.2 Å². The summed E-state index contributed by atoms with van der Waals surface area (Å²) in [6, 6.07) is 4.48. The summed E-state index contributed by atoms with van der Waals surface area (Å²) in [7, 11) is -3.28. The topological polar surface area (TPSA) is 46.2 Å². The first-order chi connectivity index (χ1) is 8.01. The van der Waals surface area contributed by atoms with Crippen molar-refractivity contribution in [3.05, 3.63) is 28.2 Å². The Bertz CT molecular complexity index is 510. The largest absolute Gasteiger partial charge is 0.317 e. The number of benzene rings is 1. The second kappa shape index (κ2) is 5.14. The summed E-state index contributed by atoms with van der Waals surface area (Å²) in [5.74, 6) is 0. The standard InChI is InChI=1S/C11H13Cl2NO2S/c12-10-2-1-9(7-11(10)13)17(15,16)8-3-5-14-6-4-8/h1-2,7-8,14H,3-6H2. The van der Waals surface area contributed by atoms with E-state index in [-0.39, 0.29) is 15.2 Å². The summed E-state index contributed by atoms with van der Waals surface area (Å²) in [5, 5.41) is 3.48. The van der Waals surface area contributed by atoms with Crippen molar-refractivity contribution in [2.45, 2.75) is 23.0 Å². The summed E-state index contributed by atoms with van der Waals surface area (Å²) in [6.07, 6.45) is 1.28. The van der Waals surface area contributed by atoms with Gasteiger partial charge in [0.25, 0.3) is 0 Å². The van der Waals surface area contributed by atoms with Crippen LogP contribution in [0.5, 0.6) is 0 Å². The lowest BCUT2D eigenvalue weighted by molar-refractivity contribution is 0.496. The Morgan fingerprint density at radius 2 is 1.76 bits per heavy atom. The Morgan fingerprint density at radius 3 is 2.35 bits per heavy atom. The molecule has 6 heteroatoms. The van der Waals surface area contributed by atoms with Crippen molar-refractivity contribution in [1.29, 1.82) is 0 Å². The van der Waals surface area contributed by atoms with Crippen LogP contribution in [0, 0.1) is 0 Å². The van der Waals surface area contributed by atoms with E-state index in [4.69, 9.17) is 23.2 Å². The number of sulfone groups is 1. The Kier molecular flexibility index (Phi) is 3.98. The molecule has 0 aromatic heterocycles. The van der Waals surface area contributed by atoms with Crippen molar-refractivity contribution in [2.24, 2.45) is 0 Å². The fourth-order valence-electron chi connectivity index (χ4n) is 1.95. The fourth-order valence-corrected chi connectivity index (χ4v) is 4.10. The van der Waals surface area contributed by atoms with Gasteiger partial charge >= 0.3 is 0 Å². The second-order valence-electron chi connectivity index (χ2n) is 4.07. The molecule has 0 aliphatic carbocycles. The third kappa shape index (κ3) is 2.76. The average Bonchev–Trinajstić information content (AvgIpc) is 2.33. The monoisotopic (exact) mass is 293 g/mol. The maximum absolute atomic E-state index is 12.3. The Hall–Kier alpha value is -0.290. The van der Waals surface area contributed by atoms with Gasteiger partial charge < -0.3 is 5.32 Å². The molecule has 0 saturated carbocycles. The minimum Gasteiger partial charge on any atom is -0.317 e. The molecule has 1 aliphatic rings. The van der Waals surface area contributed by atoms with Gasteiger partial charge in [0.2, 0.25) is 0 Å². The molecule has 1 fully saturated rings. The predicted molar refractivity (Wildman–Crippen MR) is 69.5 cm³/mol. The molecule has 1 heterocycles. The number of hydrogen-bond acceptors (Lipinski definition) is 3. The van der Waals surface area contributed by atoms with Gasteiger partial charge in [0.15, 0.2) is 9.84 Å². The third-order valence-corrected chi connectivity index (χ3v) is 5.94. The molecular weight excluding hydrogens is 281 g/mol. The SMILES string of the molecule is O=S(=O)(c1ccc(Cl)c(Cl)c1)C1CCNCC1. The highest BCUT2D eigenvalue weighted by atomic mass is 35.5. The first kappa shape index (κ1) is 13.1. The number of nitrogens with one attached hydrogen (secondary N) is 1. The van der Waals surface area contributed by atoms with Gasteiger partial charge in [-0.05, 0) is 44.1 Å². The molecule has 17 heavy (non-hydrogen) atoms. The number of piperidine rings is 1. The minimum absolute atomic E-state index is 0.263. The average molecular weight is 294 g/mol. The van der Waals surface area contributed by atoms with Crippen molar-refractivity contribution in [2.75, 3.05) is 13.1 Å². The van der Waals surface area contributed by atoms with Crippen molar-refractivity contribution in [3.8, 4) is 0 Å². The van der Waals surface area contributed by atoms with Crippen molar-refractivity contribution in [3.63, 3.8) is 0 Å². The molecular formula is C11H13Cl2NO2S. The third-order valence-electron chi connectivity index (χ3n) is 2.94. The maximum atomic E-state index is 12.3. The van der Waals surface area contributed by atoms with E-state index in [0.29, 0.717) is 17.9 Å². The van der Waals surface area contributed by atoms with Crippen molar-refractivity contribution in [1.82, 2.24) is 5.32 Å². The lowest BCUT2D eigenvalue weighted by atomic mass is 10.2. The van der Waals surface area contributed by atoms with Crippen LogP contribution in [0.25, 0.3) is 0 Å². The van der Waals surface area contributed by atoms with Crippen LogP contribution in [0.2, 0.25) is 10.0 Å². The maximum Gasteiger partial charge on any atom is 0.181 e. The van der Waals surface area contributed by atoms with Gasteiger partial charge in [-0.15, -0.1) is 0 Å². The molecule has 0 unspecified atom stereocenters. The summed E-state index contributed by atoms with van der Waals surface area (Å²) >= 11 is 11.6. The molecule has 0 atom stereocenters. The Labute approximate surface area is 111 Å². The van der Waals surface area contributed by atoms with Crippen LogP contribution in [0.15, 0.2) is 23.1 Å². The molecule has 1 N–H and O–H groups in total. The number of rotatable bonds is 2. The Balaban J connectivity index is 2.33. The van der Waals surface area contributed by atoms with Gasteiger partial charge in [-0.3, -0.25) is 0 Å². The molecule has 1 saturated heterocycles. The number of hydrogen-bond donors (Lipinski definition) is 1. The minimum atomic E-state index is -3.28. The van der Waals surface area contributed by atoms with Crippen LogP contribution in [0.3, 0.4) is 0 Å². The molecule has 3 nitrogen and oxygen atoms in total. The normalized spacial score (nSPS) is 18.2. The first-order valence-electron chi connectivity index (χ1n) is 5.41. The lowest BCUT2D eigenvalue weighted by Crippen LogP contribution is -2.35. The molecule has 0 radical (unpaired) electrons. The van der Waals surface area contributed by atoms with Crippen molar-refractivity contribution >= 4 is 33.0 Å². The highest BCUT2D eigenvalue weighted by Crippen LogP contribution is 2.28. The lowest BCUT2D eigenvalue weighted by Gasteiger charge is -2.22. The quantitative estimate of drug-likeness (QED) is 0.911. The van der Waals surface area contributed by atoms with Crippen LogP contribution in [-0.4, -0.2) is 26.8 Å². The fraction of sp³-hybridized carbons (Fsp3) is 0.455. The summed E-state index contributed by atoms with van der Waals surface area (Å²) in [6.45, 7) is 1.48. The smallest absolute Gasteiger partial charge is 0.181 e. The van der Waals surface area contributed by atoms with Gasteiger partial charge in [-0.25, -0.2) is 8.42 Å². The van der Waals surface area contributed by atoms with Gasteiger partial charge in [0, 0.05) is 0 Å². The zero-order valence-corrected chi connectivity index (χ0v) is 11.4. The highest BCUT2D eigenvalue weighted by Gasteiger charge is 2.29. The van der Waals surface area contributed by atoms with Gasteiger partial charge in [-0.1, -0.05) is 23.2 Å². The predicted octanol–water partition coefficient (Wildman–Crippen LogP) is 2.52. The van der Waals surface area contributed by atoms with E-state index in [1.165, 1.54) is 18.2 Å². The second-order valence-corrected chi connectivity index (χ2v) is 7.11. The molecule has 1 aromatic carbocycles. The van der Waals surface area contributed by atoms with Gasteiger partial charge in [0.1, 0.15) is 0 Å². The van der Waals surface area contributed by atoms with E-state index >= 15 is 0 Å². The van der Waals surface area contributed by atoms with E-state index < -0.39 is 9.84 Å². The Morgan fingerprint density at radius 1 is 1.12 bits per heavy atom. The molecule has 94 valence electrons. The molecule has 2 rings (SSSR count). The molecule has 1 aliphatic heterocycles. The van der Waals surface area contributed by atoms with Crippen molar-refractivity contribution < 1.29 is 8.42 Å². The first-order valence-corrected chi connectivity index (χ1v) is 7.72. The van der Waals surface area contributed by atoms with E-state index in [2.05, 4.69) is 5.32 Å². The van der Waals surface area contributed by atoms with E-state index in [0.717, 1.165) is 13.1 Å². The molecule has 0 spiro atoms. The van der Waals surface area contributed by atoms with Crippen LogP contribution >= 0.6 is 23.2 Å². The van der Waals surface area contributed by atoms with Crippen LogP contribution in [0.1, 0.15) is 12.8 Å². The highest BCUT2D eigenvalue weighted by molar-refractivity contribution is 7.92. The molecule has 1 aromatic rings. The summed E-state index contributed by atoms with van der Waals surface area (Å²) in [5.41, 5.74) is 0.